The number of amides is 1. The van der Waals surface area contributed by atoms with Gasteiger partial charge in [-0.15, -0.1) is 5.10 Å². The summed E-state index contributed by atoms with van der Waals surface area (Å²) >= 11 is 0. The Bertz CT molecular complexity index is 703. The van der Waals surface area contributed by atoms with E-state index in [1.807, 2.05) is 0 Å². The van der Waals surface area contributed by atoms with Crippen LogP contribution in [0.1, 0.15) is 32.0 Å². The number of carbonyl (C=O) groups is 1. The van der Waals surface area contributed by atoms with Crippen molar-refractivity contribution in [2.75, 3.05) is 0 Å². The zero-order valence-corrected chi connectivity index (χ0v) is 13.4. The van der Waals surface area contributed by atoms with Crippen molar-refractivity contribution in [1.82, 2.24) is 20.3 Å². The molecule has 24 heavy (non-hydrogen) atoms. The minimum absolute atomic E-state index is 0.236. The summed E-state index contributed by atoms with van der Waals surface area (Å²) in [4.78, 5) is 11.6. The smallest absolute Gasteiger partial charge is 0.436 e. The van der Waals surface area contributed by atoms with Crippen molar-refractivity contribution in [3.05, 3.63) is 41.7 Å². The number of alkyl carbamates (subject to hydrolysis) is 1. The molecule has 1 aromatic carbocycles. The molecule has 0 aliphatic carbocycles. The zero-order chi connectivity index (χ0) is 18.0. The quantitative estimate of drug-likeness (QED) is 0.929. The zero-order valence-electron chi connectivity index (χ0n) is 13.4. The van der Waals surface area contributed by atoms with Gasteiger partial charge in [0, 0.05) is 6.54 Å². The maximum Gasteiger partial charge on any atom is 0.436 e. The van der Waals surface area contributed by atoms with Crippen LogP contribution in [0.15, 0.2) is 30.5 Å². The largest absolute Gasteiger partial charge is 0.444 e. The lowest BCUT2D eigenvalue weighted by atomic mass is 10.2. The highest BCUT2D eigenvalue weighted by Crippen LogP contribution is 2.27. The number of hydrogen-bond donors (Lipinski definition) is 1. The Hall–Kier alpha value is -2.58. The van der Waals surface area contributed by atoms with Gasteiger partial charge in [0.1, 0.15) is 5.60 Å². The van der Waals surface area contributed by atoms with Crippen LogP contribution in [0.4, 0.5) is 18.0 Å². The third-order valence-corrected chi connectivity index (χ3v) is 2.82. The van der Waals surface area contributed by atoms with Crippen LogP contribution in [-0.2, 0) is 17.5 Å². The maximum atomic E-state index is 12.5. The van der Waals surface area contributed by atoms with Crippen molar-refractivity contribution < 1.29 is 22.7 Å². The first-order valence-electron chi connectivity index (χ1n) is 7.10. The topological polar surface area (TPSA) is 69.0 Å². The van der Waals surface area contributed by atoms with E-state index < -0.39 is 23.6 Å². The Morgan fingerprint density at radius 3 is 2.33 bits per heavy atom. The molecule has 1 amide bonds. The van der Waals surface area contributed by atoms with Crippen molar-refractivity contribution >= 4 is 6.09 Å². The highest BCUT2D eigenvalue weighted by Gasteiger charge is 2.34. The van der Waals surface area contributed by atoms with Crippen LogP contribution in [0.25, 0.3) is 5.69 Å². The number of carbonyl (C=O) groups excluding carboxylic acids is 1. The first kappa shape index (κ1) is 17.8. The number of halogens is 3. The average Bonchev–Trinajstić information content (AvgIpc) is 2.93. The van der Waals surface area contributed by atoms with E-state index in [-0.39, 0.29) is 6.54 Å². The molecule has 0 spiro atoms. The van der Waals surface area contributed by atoms with E-state index in [0.717, 1.165) is 16.4 Å². The minimum Gasteiger partial charge on any atom is -0.444 e. The molecular formula is C15H17F3N4O2. The number of aromatic nitrogens is 3. The molecule has 0 aliphatic heterocycles. The molecule has 130 valence electrons. The molecule has 0 bridgehead atoms. The molecule has 6 nitrogen and oxygen atoms in total. The lowest BCUT2D eigenvalue weighted by Gasteiger charge is -2.19. The Balaban J connectivity index is 1.98. The number of hydrogen-bond acceptors (Lipinski definition) is 4. The van der Waals surface area contributed by atoms with Gasteiger partial charge in [0.05, 0.1) is 11.9 Å². The molecule has 0 aliphatic rings. The second-order valence-electron chi connectivity index (χ2n) is 6.07. The summed E-state index contributed by atoms with van der Waals surface area (Å²) in [5.41, 5.74) is -0.449. The third kappa shape index (κ3) is 4.97. The highest BCUT2D eigenvalue weighted by atomic mass is 19.4. The van der Waals surface area contributed by atoms with Gasteiger partial charge < -0.3 is 10.1 Å². The Morgan fingerprint density at radius 2 is 1.83 bits per heavy atom. The van der Waals surface area contributed by atoms with Crippen LogP contribution in [-0.4, -0.2) is 26.7 Å². The van der Waals surface area contributed by atoms with E-state index in [1.165, 1.54) is 0 Å². The van der Waals surface area contributed by atoms with Crippen molar-refractivity contribution in [1.29, 1.82) is 0 Å². The van der Waals surface area contributed by atoms with Crippen molar-refractivity contribution in [2.24, 2.45) is 0 Å². The average molecular weight is 342 g/mol. The Morgan fingerprint density at radius 1 is 1.21 bits per heavy atom. The second kappa shape index (κ2) is 6.50. The standard InChI is InChI=1S/C15H17F3N4O2/c1-14(2,3)24-13(23)19-8-10-4-6-11(7-5-10)22-9-12(20-21-22)15(16,17)18/h4-7,9H,8H2,1-3H3,(H,19,23). The summed E-state index contributed by atoms with van der Waals surface area (Å²) < 4.78 is 43.7. The number of ether oxygens (including phenoxy) is 1. The molecule has 0 saturated heterocycles. The first-order valence-corrected chi connectivity index (χ1v) is 7.10. The van der Waals surface area contributed by atoms with Crippen molar-refractivity contribution in [3.63, 3.8) is 0 Å². The molecule has 1 aromatic heterocycles. The van der Waals surface area contributed by atoms with Gasteiger partial charge in [-0.25, -0.2) is 9.48 Å². The fourth-order valence-corrected chi connectivity index (χ4v) is 1.77. The fourth-order valence-electron chi connectivity index (χ4n) is 1.77. The number of alkyl halides is 3. The summed E-state index contributed by atoms with van der Waals surface area (Å²) in [6.45, 7) is 5.51. The van der Waals surface area contributed by atoms with E-state index in [2.05, 4.69) is 15.6 Å². The van der Waals surface area contributed by atoms with E-state index in [0.29, 0.717) is 5.69 Å². The molecule has 1 N–H and O–H groups in total. The molecule has 0 radical (unpaired) electrons. The van der Waals surface area contributed by atoms with Gasteiger partial charge in [0.15, 0.2) is 5.69 Å². The maximum absolute atomic E-state index is 12.5. The van der Waals surface area contributed by atoms with Gasteiger partial charge >= 0.3 is 12.3 Å². The van der Waals surface area contributed by atoms with E-state index in [4.69, 9.17) is 4.74 Å². The second-order valence-corrected chi connectivity index (χ2v) is 6.07. The SMILES string of the molecule is CC(C)(C)OC(=O)NCc1ccc(-n2cc(C(F)(F)F)nn2)cc1. The molecule has 0 fully saturated rings. The van der Waals surface area contributed by atoms with Gasteiger partial charge in [-0.2, -0.15) is 13.2 Å². The van der Waals surface area contributed by atoms with Crippen LogP contribution in [0.5, 0.6) is 0 Å². The fraction of sp³-hybridized carbons (Fsp3) is 0.400. The number of nitrogens with one attached hydrogen (secondary N) is 1. The Labute approximate surface area is 136 Å². The Kier molecular flexibility index (Phi) is 4.81. The molecule has 1 heterocycles. The van der Waals surface area contributed by atoms with Crippen LogP contribution < -0.4 is 5.32 Å². The predicted molar refractivity (Wildman–Crippen MR) is 79.4 cm³/mol. The number of rotatable bonds is 3. The molecule has 0 saturated carbocycles. The predicted octanol–water partition coefficient (Wildman–Crippen LogP) is 3.31. The first-order chi connectivity index (χ1) is 11.0. The number of benzene rings is 1. The molecule has 9 heteroatoms. The molecule has 2 aromatic rings. The van der Waals surface area contributed by atoms with Crippen LogP contribution >= 0.6 is 0 Å². The summed E-state index contributed by atoms with van der Waals surface area (Å²) in [5.74, 6) is 0. The number of nitrogens with zero attached hydrogens (tertiary/aromatic N) is 3. The van der Waals surface area contributed by atoms with Gasteiger partial charge in [-0.05, 0) is 38.5 Å². The molecule has 0 unspecified atom stereocenters. The van der Waals surface area contributed by atoms with Gasteiger partial charge in [-0.3, -0.25) is 0 Å². The highest BCUT2D eigenvalue weighted by molar-refractivity contribution is 5.67. The van der Waals surface area contributed by atoms with Gasteiger partial charge in [0.2, 0.25) is 0 Å². The van der Waals surface area contributed by atoms with Crippen LogP contribution in [0.2, 0.25) is 0 Å². The van der Waals surface area contributed by atoms with Gasteiger partial charge in [-0.1, -0.05) is 17.3 Å². The third-order valence-electron chi connectivity index (χ3n) is 2.82. The summed E-state index contributed by atoms with van der Waals surface area (Å²) in [6.07, 6.45) is -4.26. The van der Waals surface area contributed by atoms with Crippen molar-refractivity contribution in [2.45, 2.75) is 39.1 Å². The van der Waals surface area contributed by atoms with E-state index >= 15 is 0 Å². The van der Waals surface area contributed by atoms with Crippen LogP contribution in [0, 0.1) is 0 Å². The van der Waals surface area contributed by atoms with E-state index in [9.17, 15) is 18.0 Å². The monoisotopic (exact) mass is 342 g/mol. The lowest BCUT2D eigenvalue weighted by molar-refractivity contribution is -0.141. The molecule has 2 rings (SSSR count). The van der Waals surface area contributed by atoms with E-state index in [1.54, 1.807) is 45.0 Å². The van der Waals surface area contributed by atoms with Crippen molar-refractivity contribution in [3.8, 4) is 5.69 Å². The lowest BCUT2D eigenvalue weighted by Crippen LogP contribution is -2.32. The molecule has 0 atom stereocenters. The minimum atomic E-state index is -4.53. The summed E-state index contributed by atoms with van der Waals surface area (Å²) in [5, 5.41) is 9.14. The normalized spacial score (nSPS) is 12.1. The molecular weight excluding hydrogens is 325 g/mol. The summed E-state index contributed by atoms with van der Waals surface area (Å²) in [7, 11) is 0. The van der Waals surface area contributed by atoms with Gasteiger partial charge in [0.25, 0.3) is 0 Å². The summed E-state index contributed by atoms with van der Waals surface area (Å²) in [6, 6.07) is 6.51. The van der Waals surface area contributed by atoms with Crippen LogP contribution in [0.3, 0.4) is 0 Å².